The summed E-state index contributed by atoms with van der Waals surface area (Å²) in [6.45, 7) is 2.67. The zero-order valence-electron chi connectivity index (χ0n) is 19.5. The Kier molecular flexibility index (Phi) is 7.89. The van der Waals surface area contributed by atoms with Gasteiger partial charge in [-0.3, -0.25) is 9.29 Å². The van der Waals surface area contributed by atoms with Crippen molar-refractivity contribution in [2.24, 2.45) is 0 Å². The predicted molar refractivity (Wildman–Crippen MR) is 133 cm³/mol. The first-order valence-electron chi connectivity index (χ1n) is 10.9. The number of fused-ring (bicyclic) bond motifs is 1. The van der Waals surface area contributed by atoms with Gasteiger partial charge in [0.25, 0.3) is 10.0 Å². The molecular formula is C23H24ClN5O6S. The van der Waals surface area contributed by atoms with Crippen LogP contribution in [0.4, 0.5) is 5.69 Å². The number of halogens is 1. The van der Waals surface area contributed by atoms with Crippen LogP contribution in [0.3, 0.4) is 0 Å². The highest BCUT2D eigenvalue weighted by Gasteiger charge is 2.23. The summed E-state index contributed by atoms with van der Waals surface area (Å²) in [6, 6.07) is 11.4. The van der Waals surface area contributed by atoms with Crippen LogP contribution >= 0.6 is 11.6 Å². The van der Waals surface area contributed by atoms with Crippen molar-refractivity contribution in [1.29, 1.82) is 0 Å². The number of ether oxygens (including phenoxy) is 3. The smallest absolute Gasteiger partial charge is 0.341 e. The van der Waals surface area contributed by atoms with Crippen LogP contribution in [-0.4, -0.2) is 60.6 Å². The molecule has 0 saturated carbocycles. The Morgan fingerprint density at radius 1 is 1.17 bits per heavy atom. The van der Waals surface area contributed by atoms with Crippen LogP contribution in [0.2, 0.25) is 5.02 Å². The van der Waals surface area contributed by atoms with E-state index in [1.165, 1.54) is 29.2 Å². The topological polar surface area (TPSA) is 127 Å². The molecule has 11 nitrogen and oxygen atoms in total. The van der Waals surface area contributed by atoms with Gasteiger partial charge >= 0.3 is 5.97 Å². The van der Waals surface area contributed by atoms with E-state index in [1.807, 2.05) is 0 Å². The SMILES string of the molecule is CCOC(=O)c1cnn(-c2nc3cc(S(=O)(=O)Nc4ccccc4)c(Cl)cc3n2COCCOC)c1. The average molecular weight is 534 g/mol. The Labute approximate surface area is 212 Å². The van der Waals surface area contributed by atoms with Gasteiger partial charge in [0.15, 0.2) is 0 Å². The average Bonchev–Trinajstić information content (AvgIpc) is 3.47. The van der Waals surface area contributed by atoms with Crippen LogP contribution in [0.15, 0.2) is 59.8 Å². The van der Waals surface area contributed by atoms with E-state index in [0.29, 0.717) is 35.9 Å². The molecule has 190 valence electrons. The molecule has 0 aliphatic heterocycles. The Hall–Kier alpha value is -3.45. The number of carbonyl (C=O) groups is 1. The molecule has 1 N–H and O–H groups in total. The van der Waals surface area contributed by atoms with Gasteiger partial charge in [-0.05, 0) is 31.2 Å². The summed E-state index contributed by atoms with van der Waals surface area (Å²) in [6.07, 6.45) is 2.83. The molecule has 4 aromatic rings. The second-order valence-corrected chi connectivity index (χ2v) is 9.56. The molecule has 0 aliphatic carbocycles. The van der Waals surface area contributed by atoms with E-state index in [0.717, 1.165) is 0 Å². The van der Waals surface area contributed by atoms with Crippen LogP contribution in [-0.2, 0) is 31.0 Å². The molecule has 0 spiro atoms. The number of hydrogen-bond acceptors (Lipinski definition) is 8. The first-order chi connectivity index (χ1) is 17.3. The van der Waals surface area contributed by atoms with E-state index >= 15 is 0 Å². The summed E-state index contributed by atoms with van der Waals surface area (Å²) >= 11 is 6.44. The first-order valence-corrected chi connectivity index (χ1v) is 12.8. The quantitative estimate of drug-likeness (QED) is 0.229. The van der Waals surface area contributed by atoms with E-state index < -0.39 is 16.0 Å². The van der Waals surface area contributed by atoms with E-state index in [4.69, 9.17) is 25.8 Å². The van der Waals surface area contributed by atoms with Crippen molar-refractivity contribution in [2.45, 2.75) is 18.6 Å². The van der Waals surface area contributed by atoms with Gasteiger partial charge in [0.2, 0.25) is 5.95 Å². The number of aromatic nitrogens is 4. The third kappa shape index (κ3) is 5.51. The Bertz CT molecular complexity index is 1470. The van der Waals surface area contributed by atoms with E-state index in [-0.39, 0.29) is 28.8 Å². The van der Waals surface area contributed by atoms with Crippen molar-refractivity contribution < 1.29 is 27.4 Å². The normalized spacial score (nSPS) is 11.6. The summed E-state index contributed by atoms with van der Waals surface area (Å²) in [5.74, 6) is -0.231. The summed E-state index contributed by atoms with van der Waals surface area (Å²) in [5.41, 5.74) is 1.49. The minimum absolute atomic E-state index is 0.00296. The molecule has 2 aromatic carbocycles. The van der Waals surface area contributed by atoms with E-state index in [2.05, 4.69) is 14.8 Å². The molecule has 2 heterocycles. The lowest BCUT2D eigenvalue weighted by molar-refractivity contribution is 0.0356. The van der Waals surface area contributed by atoms with Crippen LogP contribution in [0.5, 0.6) is 0 Å². The minimum Gasteiger partial charge on any atom is -0.462 e. The molecular weight excluding hydrogens is 510 g/mol. The van der Waals surface area contributed by atoms with Gasteiger partial charge in [0, 0.05) is 19.0 Å². The van der Waals surface area contributed by atoms with Crippen LogP contribution in [0.25, 0.3) is 17.0 Å². The molecule has 2 aromatic heterocycles. The van der Waals surface area contributed by atoms with Crippen LogP contribution in [0, 0.1) is 0 Å². The van der Waals surface area contributed by atoms with Gasteiger partial charge in [-0.25, -0.2) is 22.9 Å². The van der Waals surface area contributed by atoms with Gasteiger partial charge in [0.1, 0.15) is 11.6 Å². The first kappa shape index (κ1) is 25.6. The number of imidazole rings is 1. The van der Waals surface area contributed by atoms with Crippen molar-refractivity contribution in [1.82, 2.24) is 19.3 Å². The predicted octanol–water partition coefficient (Wildman–Crippen LogP) is 3.47. The number of para-hydroxylation sites is 1. The third-order valence-corrected chi connectivity index (χ3v) is 6.89. The molecule has 0 atom stereocenters. The molecule has 0 amide bonds. The standard InChI is InChI=1S/C23H24ClN5O6S/c1-3-35-22(30)16-13-25-29(14-16)23-26-19-12-21(36(31,32)27-17-7-5-4-6-8-17)18(24)11-20(19)28(23)15-34-10-9-33-2/h4-8,11-14,27H,3,9-10,15H2,1-2H3. The van der Waals surface area contributed by atoms with Crippen molar-refractivity contribution in [3.05, 3.63) is 65.4 Å². The lowest BCUT2D eigenvalue weighted by atomic mass is 10.3. The Balaban J connectivity index is 1.77. The fraction of sp³-hybridized carbons (Fsp3) is 0.261. The van der Waals surface area contributed by atoms with Crippen LogP contribution in [0.1, 0.15) is 17.3 Å². The largest absolute Gasteiger partial charge is 0.462 e. The number of hydrogen-bond donors (Lipinski definition) is 1. The zero-order valence-corrected chi connectivity index (χ0v) is 21.1. The fourth-order valence-corrected chi connectivity index (χ4v) is 4.99. The minimum atomic E-state index is -4.00. The molecule has 0 fully saturated rings. The summed E-state index contributed by atoms with van der Waals surface area (Å²) in [4.78, 5) is 16.5. The monoisotopic (exact) mass is 533 g/mol. The third-order valence-electron chi connectivity index (χ3n) is 5.05. The van der Waals surface area contributed by atoms with Crippen molar-refractivity contribution >= 4 is 44.3 Å². The van der Waals surface area contributed by atoms with Gasteiger partial charge in [0.05, 0.1) is 47.6 Å². The number of rotatable bonds is 11. The molecule has 0 aliphatic rings. The number of esters is 1. The summed E-state index contributed by atoms with van der Waals surface area (Å²) in [7, 11) is -2.44. The van der Waals surface area contributed by atoms with E-state index in [1.54, 1.807) is 48.9 Å². The molecule has 0 bridgehead atoms. The Morgan fingerprint density at radius 2 is 1.94 bits per heavy atom. The molecule has 0 radical (unpaired) electrons. The fourth-order valence-electron chi connectivity index (χ4n) is 3.39. The summed E-state index contributed by atoms with van der Waals surface area (Å²) < 4.78 is 47.5. The van der Waals surface area contributed by atoms with Gasteiger partial charge in [-0.2, -0.15) is 5.10 Å². The molecule has 4 rings (SSSR count). The van der Waals surface area contributed by atoms with Crippen molar-refractivity contribution in [2.75, 3.05) is 31.7 Å². The number of nitrogens with one attached hydrogen (secondary N) is 1. The molecule has 0 saturated heterocycles. The lowest BCUT2D eigenvalue weighted by Crippen LogP contribution is -2.14. The van der Waals surface area contributed by atoms with Crippen molar-refractivity contribution in [3.8, 4) is 5.95 Å². The molecule has 36 heavy (non-hydrogen) atoms. The molecule has 0 unspecified atom stereocenters. The maximum Gasteiger partial charge on any atom is 0.341 e. The number of nitrogens with zero attached hydrogens (tertiary/aromatic N) is 4. The highest BCUT2D eigenvalue weighted by Crippen LogP contribution is 2.30. The van der Waals surface area contributed by atoms with Gasteiger partial charge in [-0.1, -0.05) is 29.8 Å². The van der Waals surface area contributed by atoms with Gasteiger partial charge in [-0.15, -0.1) is 0 Å². The summed E-state index contributed by atoms with van der Waals surface area (Å²) in [5, 5.41) is 4.23. The lowest BCUT2D eigenvalue weighted by Gasteiger charge is -2.11. The highest BCUT2D eigenvalue weighted by molar-refractivity contribution is 7.92. The number of methoxy groups -OCH3 is 1. The van der Waals surface area contributed by atoms with Gasteiger partial charge < -0.3 is 14.2 Å². The van der Waals surface area contributed by atoms with E-state index in [9.17, 15) is 13.2 Å². The second-order valence-electron chi connectivity index (χ2n) is 7.51. The number of benzene rings is 2. The highest BCUT2D eigenvalue weighted by atomic mass is 35.5. The zero-order chi connectivity index (χ0) is 25.7. The number of sulfonamides is 1. The molecule has 13 heteroatoms. The second kappa shape index (κ2) is 11.1. The maximum atomic E-state index is 13.1. The Morgan fingerprint density at radius 3 is 2.67 bits per heavy atom. The van der Waals surface area contributed by atoms with Crippen LogP contribution < -0.4 is 4.72 Å². The maximum absolute atomic E-state index is 13.1. The number of carbonyl (C=O) groups excluding carboxylic acids is 1. The van der Waals surface area contributed by atoms with Crippen molar-refractivity contribution in [3.63, 3.8) is 0 Å². The number of anilines is 1.